The fourth-order valence-electron chi connectivity index (χ4n) is 3.70. The van der Waals surface area contributed by atoms with E-state index in [0.717, 1.165) is 0 Å². The number of amides is 4. The van der Waals surface area contributed by atoms with Crippen molar-refractivity contribution in [2.45, 2.75) is 25.3 Å². The van der Waals surface area contributed by atoms with Gasteiger partial charge in [-0.15, -0.1) is 0 Å². The number of likely N-dealkylation sites (tertiary alicyclic amines) is 2. The van der Waals surface area contributed by atoms with Crippen LogP contribution in [-0.2, 0) is 9.59 Å². The van der Waals surface area contributed by atoms with E-state index in [4.69, 9.17) is 0 Å². The second-order valence-electron chi connectivity index (χ2n) is 7.18. The predicted octanol–water partition coefficient (Wildman–Crippen LogP) is 1.97. The van der Waals surface area contributed by atoms with E-state index >= 15 is 0 Å². The van der Waals surface area contributed by atoms with E-state index in [1.807, 2.05) is 0 Å². The second kappa shape index (κ2) is 8.86. The van der Waals surface area contributed by atoms with Gasteiger partial charge in [0.05, 0.1) is 0 Å². The molecular weight excluding hydrogens is 363 g/mol. The molecule has 0 saturated carbocycles. The Morgan fingerprint density at radius 2 is 1.68 bits per heavy atom. The van der Waals surface area contributed by atoms with E-state index < -0.39 is 0 Å². The molecule has 7 nitrogen and oxygen atoms in total. The molecule has 1 unspecified atom stereocenters. The van der Waals surface area contributed by atoms with Crippen molar-refractivity contribution in [2.24, 2.45) is 5.92 Å². The summed E-state index contributed by atoms with van der Waals surface area (Å²) in [6, 6.07) is 5.04. The number of piperidine rings is 1. The van der Waals surface area contributed by atoms with Gasteiger partial charge in [0.2, 0.25) is 11.8 Å². The highest BCUT2D eigenvalue weighted by Gasteiger charge is 2.33. The Kier molecular flexibility index (Phi) is 6.28. The minimum absolute atomic E-state index is 0.0827. The number of nitrogens with one attached hydrogen (secondary N) is 2. The van der Waals surface area contributed by atoms with Crippen LogP contribution in [-0.4, -0.2) is 59.9 Å². The van der Waals surface area contributed by atoms with Gasteiger partial charge in [-0.05, 0) is 49.6 Å². The Morgan fingerprint density at radius 1 is 1.04 bits per heavy atom. The van der Waals surface area contributed by atoms with Crippen LogP contribution in [0.15, 0.2) is 36.9 Å². The third kappa shape index (κ3) is 4.88. The average molecular weight is 388 g/mol. The molecule has 0 radical (unpaired) electrons. The van der Waals surface area contributed by atoms with Gasteiger partial charge in [0.1, 0.15) is 5.82 Å². The molecule has 3 rings (SSSR count). The van der Waals surface area contributed by atoms with E-state index in [1.54, 1.807) is 9.80 Å². The number of benzene rings is 1. The number of anilines is 1. The lowest BCUT2D eigenvalue weighted by Gasteiger charge is -2.32. The number of hydrogen-bond donors (Lipinski definition) is 2. The zero-order valence-corrected chi connectivity index (χ0v) is 15.7. The first kappa shape index (κ1) is 19.9. The Morgan fingerprint density at radius 3 is 2.32 bits per heavy atom. The van der Waals surface area contributed by atoms with Crippen molar-refractivity contribution in [3.63, 3.8) is 0 Å². The summed E-state index contributed by atoms with van der Waals surface area (Å²) in [7, 11) is 0. The van der Waals surface area contributed by atoms with Crippen LogP contribution in [0.5, 0.6) is 0 Å². The largest absolute Gasteiger partial charge is 0.340 e. The van der Waals surface area contributed by atoms with Crippen molar-refractivity contribution in [1.29, 1.82) is 0 Å². The maximum Gasteiger partial charge on any atom is 0.319 e. The molecule has 2 fully saturated rings. The molecule has 0 spiro atoms. The second-order valence-corrected chi connectivity index (χ2v) is 7.18. The van der Waals surface area contributed by atoms with Gasteiger partial charge in [0.15, 0.2) is 0 Å². The highest BCUT2D eigenvalue weighted by Crippen LogP contribution is 2.22. The number of halogens is 1. The molecule has 0 aromatic heterocycles. The van der Waals surface area contributed by atoms with Gasteiger partial charge in [0, 0.05) is 43.8 Å². The Balaban J connectivity index is 1.44. The number of hydrogen-bond acceptors (Lipinski definition) is 3. The molecule has 0 aliphatic carbocycles. The third-order valence-corrected chi connectivity index (χ3v) is 5.27. The van der Waals surface area contributed by atoms with Crippen LogP contribution >= 0.6 is 0 Å². The lowest BCUT2D eigenvalue weighted by Crippen LogP contribution is -2.45. The smallest absolute Gasteiger partial charge is 0.319 e. The van der Waals surface area contributed by atoms with E-state index in [1.165, 1.54) is 30.3 Å². The molecule has 2 saturated heterocycles. The number of nitrogens with zero attached hydrogens (tertiary/aromatic N) is 2. The highest BCUT2D eigenvalue weighted by molar-refractivity contribution is 5.89. The summed E-state index contributed by atoms with van der Waals surface area (Å²) in [5, 5.41) is 5.52. The summed E-state index contributed by atoms with van der Waals surface area (Å²) in [6.45, 7) is 5.70. The fourth-order valence-corrected chi connectivity index (χ4v) is 3.70. The minimum atomic E-state index is -0.373. The summed E-state index contributed by atoms with van der Waals surface area (Å²) in [5.74, 6) is -0.450. The van der Waals surface area contributed by atoms with Gasteiger partial charge in [-0.2, -0.15) is 0 Å². The predicted molar refractivity (Wildman–Crippen MR) is 103 cm³/mol. The average Bonchev–Trinajstić information content (AvgIpc) is 3.17. The Hall–Kier alpha value is -2.90. The van der Waals surface area contributed by atoms with Gasteiger partial charge in [0.25, 0.3) is 0 Å². The highest BCUT2D eigenvalue weighted by atomic mass is 19.1. The topological polar surface area (TPSA) is 81.8 Å². The molecule has 2 heterocycles. The first-order valence-corrected chi connectivity index (χ1v) is 9.49. The lowest BCUT2D eigenvalue weighted by molar-refractivity contribution is -0.138. The first-order chi connectivity index (χ1) is 13.5. The van der Waals surface area contributed by atoms with Crippen LogP contribution in [0.1, 0.15) is 19.3 Å². The van der Waals surface area contributed by atoms with E-state index in [9.17, 15) is 18.8 Å². The summed E-state index contributed by atoms with van der Waals surface area (Å²) in [6.07, 6.45) is 3.29. The van der Waals surface area contributed by atoms with Crippen LogP contribution in [0.25, 0.3) is 0 Å². The zero-order valence-electron chi connectivity index (χ0n) is 15.7. The summed E-state index contributed by atoms with van der Waals surface area (Å²) >= 11 is 0. The number of urea groups is 1. The monoisotopic (exact) mass is 388 g/mol. The van der Waals surface area contributed by atoms with Crippen LogP contribution in [0.2, 0.25) is 0 Å². The molecule has 8 heteroatoms. The molecule has 150 valence electrons. The summed E-state index contributed by atoms with van der Waals surface area (Å²) in [5.41, 5.74) is 0.505. The lowest BCUT2D eigenvalue weighted by atomic mass is 9.95. The van der Waals surface area contributed by atoms with Gasteiger partial charge in [-0.3, -0.25) is 9.59 Å². The molecule has 1 atom stereocenters. The van der Waals surface area contributed by atoms with Crippen LogP contribution in [0.3, 0.4) is 0 Å². The summed E-state index contributed by atoms with van der Waals surface area (Å²) in [4.78, 5) is 40.0. The van der Waals surface area contributed by atoms with Gasteiger partial charge < -0.3 is 20.4 Å². The number of rotatable bonds is 4. The third-order valence-electron chi connectivity index (χ3n) is 5.27. The number of carbonyl (C=O) groups is 3. The molecule has 0 bridgehead atoms. The van der Waals surface area contributed by atoms with Crippen molar-refractivity contribution < 1.29 is 18.8 Å². The molecule has 2 aliphatic heterocycles. The molecule has 2 N–H and O–H groups in total. The van der Waals surface area contributed by atoms with Crippen LogP contribution < -0.4 is 10.6 Å². The maximum atomic E-state index is 12.9. The Bertz CT molecular complexity index is 744. The standard InChI is InChI=1S/C20H25FN4O3/c1-2-18(26)24-10-7-14(8-11-24)19(27)25-12-9-17(13-25)23-20(28)22-16-5-3-15(21)4-6-16/h2-6,14,17H,1,7-13H2,(H2,22,23,28). The van der Waals surface area contributed by atoms with E-state index in [0.29, 0.717) is 51.1 Å². The minimum Gasteiger partial charge on any atom is -0.340 e. The van der Waals surface area contributed by atoms with Crippen LogP contribution in [0, 0.1) is 11.7 Å². The molecule has 28 heavy (non-hydrogen) atoms. The Labute approximate surface area is 163 Å². The fraction of sp³-hybridized carbons (Fsp3) is 0.450. The van der Waals surface area contributed by atoms with Crippen molar-refractivity contribution in [1.82, 2.24) is 15.1 Å². The molecule has 4 amide bonds. The van der Waals surface area contributed by atoms with Gasteiger partial charge in [-0.1, -0.05) is 6.58 Å². The summed E-state index contributed by atoms with van der Waals surface area (Å²) < 4.78 is 12.9. The SMILES string of the molecule is C=CC(=O)N1CCC(C(=O)N2CCC(NC(=O)Nc3ccc(F)cc3)C2)CC1. The van der Waals surface area contributed by atoms with Crippen molar-refractivity contribution in [3.8, 4) is 0 Å². The molecule has 1 aromatic carbocycles. The van der Waals surface area contributed by atoms with E-state index in [-0.39, 0.29) is 35.6 Å². The molecular formula is C20H25FN4O3. The van der Waals surface area contributed by atoms with Crippen molar-refractivity contribution >= 4 is 23.5 Å². The normalized spacial score (nSPS) is 20.0. The molecule has 1 aromatic rings. The molecule has 2 aliphatic rings. The van der Waals surface area contributed by atoms with Crippen molar-refractivity contribution in [3.05, 3.63) is 42.7 Å². The van der Waals surface area contributed by atoms with Crippen molar-refractivity contribution in [2.75, 3.05) is 31.5 Å². The van der Waals surface area contributed by atoms with Gasteiger partial charge in [-0.25, -0.2) is 9.18 Å². The number of carbonyl (C=O) groups excluding carboxylic acids is 3. The van der Waals surface area contributed by atoms with Crippen LogP contribution in [0.4, 0.5) is 14.9 Å². The zero-order chi connectivity index (χ0) is 20.1. The maximum absolute atomic E-state index is 12.9. The first-order valence-electron chi connectivity index (χ1n) is 9.49. The van der Waals surface area contributed by atoms with Gasteiger partial charge >= 0.3 is 6.03 Å². The van der Waals surface area contributed by atoms with E-state index in [2.05, 4.69) is 17.2 Å². The quantitative estimate of drug-likeness (QED) is 0.774.